The molecule has 2 aromatic rings. The number of nitrogen functional groups attached to an aromatic ring is 1. The Morgan fingerprint density at radius 2 is 2.10 bits per heavy atom. The highest BCUT2D eigenvalue weighted by atomic mass is 32.2. The molecule has 15 heteroatoms. The lowest BCUT2D eigenvalue weighted by Gasteiger charge is -2.16. The van der Waals surface area contributed by atoms with Gasteiger partial charge in [0.25, 0.3) is 5.91 Å². The number of amides is 1. The van der Waals surface area contributed by atoms with E-state index >= 15 is 0 Å². The zero-order valence-corrected chi connectivity index (χ0v) is 17.5. The Labute approximate surface area is 177 Å². The van der Waals surface area contributed by atoms with Crippen LogP contribution in [0.25, 0.3) is 11.2 Å². The highest BCUT2D eigenvalue weighted by molar-refractivity contribution is 7.85. The van der Waals surface area contributed by atoms with Gasteiger partial charge in [0.05, 0.1) is 19.0 Å². The molecular weight excluding hydrogens is 434 g/mol. The first kappa shape index (κ1) is 23.2. The van der Waals surface area contributed by atoms with Crippen LogP contribution in [0.15, 0.2) is 12.7 Å². The summed E-state index contributed by atoms with van der Waals surface area (Å²) in [5, 5.41) is 20.6. The van der Waals surface area contributed by atoms with E-state index in [0.717, 1.165) is 6.42 Å². The molecule has 31 heavy (non-hydrogen) atoms. The molecule has 1 amide bonds. The third kappa shape index (κ3) is 5.08. The van der Waals surface area contributed by atoms with Crippen LogP contribution in [0, 0.1) is 0 Å². The number of hydrogen-bond donors (Lipinski definition) is 5. The van der Waals surface area contributed by atoms with Crippen molar-refractivity contribution in [2.75, 3.05) is 12.3 Å². The number of nitrogens with two attached hydrogens (primary N) is 2. The minimum absolute atomic E-state index is 0.121. The van der Waals surface area contributed by atoms with Crippen LogP contribution < -0.4 is 16.2 Å². The third-order valence-corrected chi connectivity index (χ3v) is 5.71. The van der Waals surface area contributed by atoms with Crippen LogP contribution in [-0.4, -0.2) is 75.0 Å². The van der Waals surface area contributed by atoms with Crippen LogP contribution in [0.5, 0.6) is 0 Å². The van der Waals surface area contributed by atoms with Crippen molar-refractivity contribution in [1.82, 2.24) is 24.2 Å². The second-order valence-electron chi connectivity index (χ2n) is 7.08. The monoisotopic (exact) mass is 459 g/mol. The van der Waals surface area contributed by atoms with Crippen molar-refractivity contribution < 1.29 is 32.3 Å². The lowest BCUT2D eigenvalue weighted by atomic mass is 10.1. The summed E-state index contributed by atoms with van der Waals surface area (Å²) >= 11 is 0. The van der Waals surface area contributed by atoms with Gasteiger partial charge in [0.15, 0.2) is 17.7 Å². The fraction of sp³-hybridized carbons (Fsp3) is 0.625. The SMILES string of the molecule is CCCC[C@@H](N)C(=O)NS(=O)(=O)OC[C@H]1O[C@@H](n2cnc3c(N)ncnc32)[C@H](O)[C@@H]1O. The number of unbranched alkanes of at least 4 members (excludes halogenated alkanes) is 1. The summed E-state index contributed by atoms with van der Waals surface area (Å²) < 4.78 is 37.4. The summed E-state index contributed by atoms with van der Waals surface area (Å²) in [7, 11) is -4.50. The van der Waals surface area contributed by atoms with Gasteiger partial charge < -0.3 is 26.4 Å². The van der Waals surface area contributed by atoms with Crippen LogP contribution in [0.2, 0.25) is 0 Å². The van der Waals surface area contributed by atoms with Crippen LogP contribution in [-0.2, 0) is 24.0 Å². The molecule has 5 atom stereocenters. The van der Waals surface area contributed by atoms with Crippen LogP contribution in [0.1, 0.15) is 32.4 Å². The molecule has 1 fully saturated rings. The predicted octanol–water partition coefficient (Wildman–Crippen LogP) is -2.08. The van der Waals surface area contributed by atoms with Gasteiger partial charge in [-0.2, -0.15) is 8.42 Å². The van der Waals surface area contributed by atoms with E-state index in [9.17, 15) is 23.4 Å². The summed E-state index contributed by atoms with van der Waals surface area (Å²) in [6.45, 7) is 1.25. The Morgan fingerprint density at radius 3 is 2.81 bits per heavy atom. The molecule has 0 radical (unpaired) electrons. The summed E-state index contributed by atoms with van der Waals surface area (Å²) in [6, 6.07) is -0.998. The van der Waals surface area contributed by atoms with Gasteiger partial charge in [-0.1, -0.05) is 19.8 Å². The van der Waals surface area contributed by atoms with Gasteiger partial charge >= 0.3 is 10.3 Å². The zero-order valence-electron chi connectivity index (χ0n) is 16.7. The van der Waals surface area contributed by atoms with E-state index in [4.69, 9.17) is 20.4 Å². The summed E-state index contributed by atoms with van der Waals surface area (Å²) in [4.78, 5) is 23.8. The van der Waals surface area contributed by atoms with Crippen molar-refractivity contribution in [3.63, 3.8) is 0 Å². The zero-order chi connectivity index (χ0) is 22.8. The quantitative estimate of drug-likeness (QED) is 0.273. The number of carbonyl (C=O) groups excluding carboxylic acids is 1. The molecule has 1 aliphatic heterocycles. The largest absolute Gasteiger partial charge is 0.387 e. The first-order chi connectivity index (χ1) is 14.6. The topological polar surface area (TPSA) is 218 Å². The molecule has 0 spiro atoms. The predicted molar refractivity (Wildman–Crippen MR) is 106 cm³/mol. The van der Waals surface area contributed by atoms with Gasteiger partial charge in [0, 0.05) is 0 Å². The minimum atomic E-state index is -4.50. The highest BCUT2D eigenvalue weighted by Gasteiger charge is 2.45. The molecule has 7 N–H and O–H groups in total. The second kappa shape index (κ2) is 9.37. The van der Waals surface area contributed by atoms with Gasteiger partial charge in [0.2, 0.25) is 0 Å². The molecule has 1 aliphatic rings. The lowest BCUT2D eigenvalue weighted by molar-refractivity contribution is -0.120. The molecule has 0 aromatic carbocycles. The number of imidazole rings is 1. The Hall–Kier alpha value is -2.43. The fourth-order valence-corrected chi connectivity index (χ4v) is 3.86. The first-order valence-electron chi connectivity index (χ1n) is 9.55. The summed E-state index contributed by atoms with van der Waals surface area (Å²) in [5.74, 6) is -0.781. The van der Waals surface area contributed by atoms with Crippen LogP contribution >= 0.6 is 0 Å². The van der Waals surface area contributed by atoms with E-state index in [2.05, 4.69) is 15.0 Å². The minimum Gasteiger partial charge on any atom is -0.387 e. The van der Waals surface area contributed by atoms with Crippen molar-refractivity contribution in [1.29, 1.82) is 0 Å². The van der Waals surface area contributed by atoms with Crippen molar-refractivity contribution in [2.45, 2.75) is 56.8 Å². The average molecular weight is 459 g/mol. The van der Waals surface area contributed by atoms with Crippen LogP contribution in [0.3, 0.4) is 0 Å². The Balaban J connectivity index is 1.64. The molecule has 0 saturated carbocycles. The molecule has 172 valence electrons. The number of nitrogens with zero attached hydrogens (tertiary/aromatic N) is 4. The van der Waals surface area contributed by atoms with E-state index in [-0.39, 0.29) is 17.0 Å². The molecule has 0 bridgehead atoms. The third-order valence-electron chi connectivity index (χ3n) is 4.82. The van der Waals surface area contributed by atoms with E-state index in [1.807, 2.05) is 6.92 Å². The smallest absolute Gasteiger partial charge is 0.362 e. The fourth-order valence-electron chi connectivity index (χ4n) is 3.09. The number of carbonyl (C=O) groups is 1. The Morgan fingerprint density at radius 1 is 1.35 bits per heavy atom. The molecular formula is C16H25N7O7S. The number of anilines is 1. The maximum atomic E-state index is 12.0. The average Bonchev–Trinajstić information content (AvgIpc) is 3.27. The second-order valence-corrected chi connectivity index (χ2v) is 8.43. The maximum Gasteiger partial charge on any atom is 0.362 e. The van der Waals surface area contributed by atoms with Gasteiger partial charge in [-0.3, -0.25) is 13.5 Å². The molecule has 2 aromatic heterocycles. The number of rotatable bonds is 9. The highest BCUT2D eigenvalue weighted by Crippen LogP contribution is 2.32. The van der Waals surface area contributed by atoms with E-state index < -0.39 is 53.4 Å². The Bertz CT molecular complexity index is 1030. The standard InChI is InChI=1S/C16H25N7O7S/c1-2-3-4-8(17)15(26)22-31(27,28)29-5-9-11(24)12(25)16(30-9)23-7-21-10-13(18)19-6-20-14(10)23/h6-9,11-12,16,24-25H,2-5,17H2,1H3,(H,22,26)(H2,18,19,20)/t8-,9-,11-,12-,16-/m1/s1. The van der Waals surface area contributed by atoms with E-state index in [1.165, 1.54) is 17.2 Å². The molecule has 3 heterocycles. The lowest BCUT2D eigenvalue weighted by Crippen LogP contribution is -2.44. The van der Waals surface area contributed by atoms with Crippen molar-refractivity contribution in [3.05, 3.63) is 12.7 Å². The van der Waals surface area contributed by atoms with Gasteiger partial charge in [0.1, 0.15) is 30.2 Å². The molecule has 0 unspecified atom stereocenters. The number of aliphatic hydroxyl groups excluding tert-OH is 2. The molecule has 1 saturated heterocycles. The van der Waals surface area contributed by atoms with Gasteiger partial charge in [-0.15, -0.1) is 0 Å². The van der Waals surface area contributed by atoms with Crippen molar-refractivity contribution in [2.24, 2.45) is 5.73 Å². The van der Waals surface area contributed by atoms with Gasteiger partial charge in [-0.05, 0) is 6.42 Å². The normalized spacial score (nSPS) is 25.0. The van der Waals surface area contributed by atoms with Crippen LogP contribution in [0.4, 0.5) is 5.82 Å². The number of hydrogen-bond acceptors (Lipinski definition) is 12. The molecule has 3 rings (SSSR count). The van der Waals surface area contributed by atoms with E-state index in [0.29, 0.717) is 12.8 Å². The number of fused-ring (bicyclic) bond motifs is 1. The summed E-state index contributed by atoms with van der Waals surface area (Å²) in [5.41, 5.74) is 11.9. The summed E-state index contributed by atoms with van der Waals surface area (Å²) in [6.07, 6.45) is -1.00. The first-order valence-corrected chi connectivity index (χ1v) is 11.0. The van der Waals surface area contributed by atoms with E-state index in [1.54, 1.807) is 4.72 Å². The maximum absolute atomic E-state index is 12.0. The number of aliphatic hydroxyl groups is 2. The number of nitrogens with one attached hydrogen (secondary N) is 1. The Kier molecular flexibility index (Phi) is 7.03. The number of aromatic nitrogens is 4. The molecule has 14 nitrogen and oxygen atoms in total. The van der Waals surface area contributed by atoms with Crippen molar-refractivity contribution >= 4 is 33.2 Å². The van der Waals surface area contributed by atoms with Crippen molar-refractivity contribution in [3.8, 4) is 0 Å². The number of ether oxygens (including phenoxy) is 1. The molecule has 0 aliphatic carbocycles. The van der Waals surface area contributed by atoms with Gasteiger partial charge in [-0.25, -0.2) is 19.7 Å².